The van der Waals surface area contributed by atoms with Gasteiger partial charge >= 0.3 is 0 Å². The molecule has 1 aromatic carbocycles. The molecule has 1 aliphatic rings. The minimum atomic E-state index is 0.670. The van der Waals surface area contributed by atoms with Crippen molar-refractivity contribution in [3.63, 3.8) is 0 Å². The van der Waals surface area contributed by atoms with Crippen molar-refractivity contribution in [3.05, 3.63) is 47.5 Å². The van der Waals surface area contributed by atoms with E-state index in [-0.39, 0.29) is 0 Å². The van der Waals surface area contributed by atoms with Crippen LogP contribution in [0.15, 0.2) is 35.6 Å². The fraction of sp³-hybridized carbons (Fsp3) is 0.609. The van der Waals surface area contributed by atoms with Gasteiger partial charge in [0.2, 0.25) is 0 Å². The van der Waals surface area contributed by atoms with E-state index in [0.29, 0.717) is 6.54 Å². The molecule has 1 aliphatic heterocycles. The molecule has 2 aromatic rings. The van der Waals surface area contributed by atoms with Crippen LogP contribution in [0.1, 0.15) is 50.6 Å². The first kappa shape index (κ1) is 22.3. The molecule has 3 rings (SSSR count). The molecule has 1 unspecified atom stereocenters. The molecule has 30 heavy (non-hydrogen) atoms. The summed E-state index contributed by atoms with van der Waals surface area (Å²) < 4.78 is 2.08. The summed E-state index contributed by atoms with van der Waals surface area (Å²) in [6.07, 6.45) is 5.37. The van der Waals surface area contributed by atoms with Crippen LogP contribution < -0.4 is 10.6 Å². The summed E-state index contributed by atoms with van der Waals surface area (Å²) in [7, 11) is 0. The summed E-state index contributed by atoms with van der Waals surface area (Å²) in [5.41, 5.74) is 2.62. The number of piperidine rings is 1. The summed E-state index contributed by atoms with van der Waals surface area (Å²) in [6, 6.07) is 8.92. The maximum atomic E-state index is 4.74. The van der Waals surface area contributed by atoms with Gasteiger partial charge in [-0.25, -0.2) is 4.99 Å². The molecule has 0 radical (unpaired) electrons. The van der Waals surface area contributed by atoms with E-state index < -0.39 is 0 Å². The van der Waals surface area contributed by atoms with Gasteiger partial charge in [0.1, 0.15) is 12.2 Å². The lowest BCUT2D eigenvalue weighted by Gasteiger charge is -2.30. The van der Waals surface area contributed by atoms with Gasteiger partial charge in [-0.3, -0.25) is 4.90 Å². The molecule has 1 aromatic heterocycles. The number of hydrogen-bond acceptors (Lipinski definition) is 4. The van der Waals surface area contributed by atoms with Crippen LogP contribution in [0.2, 0.25) is 0 Å². The zero-order chi connectivity index (χ0) is 21.2. The van der Waals surface area contributed by atoms with E-state index in [4.69, 9.17) is 4.99 Å². The molecule has 2 heterocycles. The fourth-order valence-corrected chi connectivity index (χ4v) is 3.98. The lowest BCUT2D eigenvalue weighted by Crippen LogP contribution is -2.38. The summed E-state index contributed by atoms with van der Waals surface area (Å²) in [4.78, 5) is 7.32. The quantitative estimate of drug-likeness (QED) is 0.490. The third-order valence-electron chi connectivity index (χ3n) is 5.59. The first-order chi connectivity index (χ1) is 14.7. The number of aromatic nitrogens is 3. The van der Waals surface area contributed by atoms with Crippen molar-refractivity contribution >= 4 is 5.96 Å². The SMILES string of the molecule is CCNC(=NCc1ccc(CN2CCCC(C)C2)cc1)NCCn1cnnc1CC. The lowest BCUT2D eigenvalue weighted by molar-refractivity contribution is 0.176. The minimum absolute atomic E-state index is 0.670. The number of guanidine groups is 1. The summed E-state index contributed by atoms with van der Waals surface area (Å²) in [5, 5.41) is 14.8. The number of rotatable bonds is 9. The van der Waals surface area contributed by atoms with Crippen molar-refractivity contribution < 1.29 is 0 Å². The first-order valence-electron chi connectivity index (χ1n) is 11.4. The van der Waals surface area contributed by atoms with Gasteiger partial charge in [-0.15, -0.1) is 10.2 Å². The summed E-state index contributed by atoms with van der Waals surface area (Å²) >= 11 is 0. The van der Waals surface area contributed by atoms with Gasteiger partial charge in [0.25, 0.3) is 0 Å². The van der Waals surface area contributed by atoms with Gasteiger partial charge < -0.3 is 15.2 Å². The standard InChI is InChI=1S/C23H37N7/c1-4-22-28-27-18-30(22)14-12-25-23(24-5-2)26-15-20-8-10-21(11-9-20)17-29-13-6-7-19(3)16-29/h8-11,18-19H,4-7,12-17H2,1-3H3,(H2,24,25,26). The van der Waals surface area contributed by atoms with E-state index in [1.165, 1.54) is 37.1 Å². The molecule has 7 heteroatoms. The molecule has 0 amide bonds. The van der Waals surface area contributed by atoms with Gasteiger partial charge in [0.15, 0.2) is 5.96 Å². The molecule has 7 nitrogen and oxygen atoms in total. The Labute approximate surface area is 181 Å². The molecule has 0 bridgehead atoms. The van der Waals surface area contributed by atoms with Crippen LogP contribution >= 0.6 is 0 Å². The topological polar surface area (TPSA) is 70.4 Å². The highest BCUT2D eigenvalue weighted by atomic mass is 15.3. The maximum Gasteiger partial charge on any atom is 0.191 e. The number of nitrogens with zero attached hydrogens (tertiary/aromatic N) is 5. The number of hydrogen-bond donors (Lipinski definition) is 2. The number of benzene rings is 1. The Kier molecular flexibility index (Phi) is 8.68. The fourth-order valence-electron chi connectivity index (χ4n) is 3.98. The smallest absolute Gasteiger partial charge is 0.191 e. The number of likely N-dealkylation sites (tertiary alicyclic amines) is 1. The van der Waals surface area contributed by atoms with Gasteiger partial charge in [0.05, 0.1) is 6.54 Å². The molecule has 164 valence electrons. The highest BCUT2D eigenvalue weighted by molar-refractivity contribution is 5.79. The first-order valence-corrected chi connectivity index (χ1v) is 11.4. The van der Waals surface area contributed by atoms with E-state index in [1.807, 2.05) is 0 Å². The van der Waals surface area contributed by atoms with E-state index in [1.54, 1.807) is 6.33 Å². The largest absolute Gasteiger partial charge is 0.357 e. The average Bonchev–Trinajstić information content (AvgIpc) is 3.20. The third kappa shape index (κ3) is 6.83. The Morgan fingerprint density at radius 3 is 2.70 bits per heavy atom. The Morgan fingerprint density at radius 2 is 1.97 bits per heavy atom. The second-order valence-corrected chi connectivity index (χ2v) is 8.22. The number of nitrogens with one attached hydrogen (secondary N) is 2. The van der Waals surface area contributed by atoms with E-state index >= 15 is 0 Å². The zero-order valence-electron chi connectivity index (χ0n) is 18.8. The molecule has 1 fully saturated rings. The normalized spacial score (nSPS) is 17.8. The lowest BCUT2D eigenvalue weighted by atomic mass is 9.99. The van der Waals surface area contributed by atoms with E-state index in [2.05, 4.69) is 75.3 Å². The predicted octanol–water partition coefficient (Wildman–Crippen LogP) is 2.83. The van der Waals surface area contributed by atoms with Crippen molar-refractivity contribution in [3.8, 4) is 0 Å². The van der Waals surface area contributed by atoms with Crippen LogP contribution in [-0.2, 0) is 26.1 Å². The zero-order valence-corrected chi connectivity index (χ0v) is 18.8. The second kappa shape index (κ2) is 11.7. The van der Waals surface area contributed by atoms with Crippen LogP contribution in [-0.4, -0.2) is 51.8 Å². The van der Waals surface area contributed by atoms with Crippen molar-refractivity contribution in [1.82, 2.24) is 30.3 Å². The highest BCUT2D eigenvalue weighted by Crippen LogP contribution is 2.18. The summed E-state index contributed by atoms with van der Waals surface area (Å²) in [5.74, 6) is 2.68. The molecule has 1 atom stereocenters. The van der Waals surface area contributed by atoms with E-state index in [9.17, 15) is 0 Å². The van der Waals surface area contributed by atoms with Gasteiger partial charge in [0, 0.05) is 39.1 Å². The Bertz CT molecular complexity index is 781. The maximum absolute atomic E-state index is 4.74. The van der Waals surface area contributed by atoms with Crippen LogP contribution in [0.5, 0.6) is 0 Å². The van der Waals surface area contributed by atoms with Crippen LogP contribution in [0, 0.1) is 5.92 Å². The molecule has 1 saturated heterocycles. The van der Waals surface area contributed by atoms with Gasteiger partial charge in [-0.05, 0) is 43.4 Å². The van der Waals surface area contributed by atoms with Crippen molar-refractivity contribution in [2.24, 2.45) is 10.9 Å². The van der Waals surface area contributed by atoms with Crippen molar-refractivity contribution in [1.29, 1.82) is 0 Å². The Hall–Kier alpha value is -2.41. The molecular formula is C23H37N7. The average molecular weight is 412 g/mol. The predicted molar refractivity (Wildman–Crippen MR) is 122 cm³/mol. The van der Waals surface area contributed by atoms with E-state index in [0.717, 1.165) is 50.3 Å². The monoisotopic (exact) mass is 411 g/mol. The van der Waals surface area contributed by atoms with Crippen molar-refractivity contribution in [2.45, 2.75) is 59.7 Å². The molecule has 2 N–H and O–H groups in total. The van der Waals surface area contributed by atoms with Crippen LogP contribution in [0.25, 0.3) is 0 Å². The number of aliphatic imine (C=N–C) groups is 1. The molecule has 0 aliphatic carbocycles. The van der Waals surface area contributed by atoms with Crippen LogP contribution in [0.4, 0.5) is 0 Å². The number of aryl methyl sites for hydroxylation is 1. The Morgan fingerprint density at radius 1 is 1.17 bits per heavy atom. The second-order valence-electron chi connectivity index (χ2n) is 8.22. The molecular weight excluding hydrogens is 374 g/mol. The van der Waals surface area contributed by atoms with Gasteiger partial charge in [-0.2, -0.15) is 0 Å². The third-order valence-corrected chi connectivity index (χ3v) is 5.59. The Balaban J connectivity index is 1.48. The highest BCUT2D eigenvalue weighted by Gasteiger charge is 2.16. The van der Waals surface area contributed by atoms with Crippen molar-refractivity contribution in [2.75, 3.05) is 26.2 Å². The molecule has 0 saturated carbocycles. The molecule has 0 spiro atoms. The van der Waals surface area contributed by atoms with Crippen LogP contribution in [0.3, 0.4) is 0 Å². The minimum Gasteiger partial charge on any atom is -0.357 e. The summed E-state index contributed by atoms with van der Waals surface area (Å²) in [6.45, 7) is 13.2. The van der Waals surface area contributed by atoms with Gasteiger partial charge in [-0.1, -0.05) is 38.1 Å².